The van der Waals surface area contributed by atoms with E-state index < -0.39 is 0 Å². The van der Waals surface area contributed by atoms with Crippen molar-refractivity contribution in [1.29, 1.82) is 0 Å². The maximum Gasteiger partial charge on any atom is 0.165 e. The van der Waals surface area contributed by atoms with E-state index in [1.54, 1.807) is 0 Å². The van der Waals surface area contributed by atoms with Gasteiger partial charge in [0.05, 0.1) is 5.88 Å². The molecule has 0 aliphatic heterocycles. The molecular weight excluding hydrogens is 420 g/mol. The summed E-state index contributed by atoms with van der Waals surface area (Å²) < 4.78 is 18.4. The minimum atomic E-state index is 0.310. The first-order valence-electron chi connectivity index (χ1n) is 10.5. The Kier molecular flexibility index (Phi) is 7.67. The summed E-state index contributed by atoms with van der Waals surface area (Å²) in [6.07, 6.45) is 0. The summed E-state index contributed by atoms with van der Waals surface area (Å²) in [6.45, 7) is 1.32. The predicted molar refractivity (Wildman–Crippen MR) is 128 cm³/mol. The number of hydrogen-bond acceptors (Lipinski definition) is 3. The van der Waals surface area contributed by atoms with Gasteiger partial charge < -0.3 is 14.2 Å². The number of halogens is 1. The molecule has 162 valence electrons. The monoisotopic (exact) mass is 444 g/mol. The molecule has 0 radical (unpaired) electrons. The first-order chi connectivity index (χ1) is 15.8. The number of ether oxygens (including phenoxy) is 3. The smallest absolute Gasteiger partial charge is 0.165 e. The van der Waals surface area contributed by atoms with Crippen molar-refractivity contribution in [2.75, 3.05) is 0 Å². The third kappa shape index (κ3) is 6.05. The molecule has 4 rings (SSSR count). The molecule has 0 saturated carbocycles. The fraction of sp³-hybridized carbons (Fsp3) is 0.143. The van der Waals surface area contributed by atoms with Gasteiger partial charge >= 0.3 is 0 Å². The van der Waals surface area contributed by atoms with Crippen molar-refractivity contribution in [3.63, 3.8) is 0 Å². The summed E-state index contributed by atoms with van der Waals surface area (Å²) in [5.74, 6) is 2.28. The zero-order valence-electron chi connectivity index (χ0n) is 17.7. The zero-order valence-corrected chi connectivity index (χ0v) is 18.5. The van der Waals surface area contributed by atoms with E-state index in [4.69, 9.17) is 25.8 Å². The second-order valence-electron chi connectivity index (χ2n) is 7.36. The zero-order chi connectivity index (χ0) is 22.0. The first kappa shape index (κ1) is 21.8. The van der Waals surface area contributed by atoms with Crippen LogP contribution in [0.2, 0.25) is 0 Å². The molecule has 4 heteroatoms. The first-order valence-corrected chi connectivity index (χ1v) is 11.1. The average Bonchev–Trinajstić information content (AvgIpc) is 2.87. The molecule has 0 bridgehead atoms. The molecule has 0 saturated heterocycles. The molecule has 0 atom stereocenters. The molecule has 4 aromatic carbocycles. The van der Waals surface area contributed by atoms with Crippen LogP contribution in [0.1, 0.15) is 22.3 Å². The third-order valence-electron chi connectivity index (χ3n) is 4.98. The van der Waals surface area contributed by atoms with Gasteiger partial charge in [0.1, 0.15) is 25.6 Å². The van der Waals surface area contributed by atoms with Crippen LogP contribution in [-0.2, 0) is 25.7 Å². The van der Waals surface area contributed by atoms with Gasteiger partial charge in [-0.3, -0.25) is 0 Å². The van der Waals surface area contributed by atoms with E-state index in [9.17, 15) is 0 Å². The van der Waals surface area contributed by atoms with Crippen LogP contribution < -0.4 is 14.2 Å². The van der Waals surface area contributed by atoms with E-state index in [2.05, 4.69) is 0 Å². The Morgan fingerprint density at radius 3 is 1.25 bits per heavy atom. The summed E-state index contributed by atoms with van der Waals surface area (Å²) >= 11 is 6.25. The highest BCUT2D eigenvalue weighted by molar-refractivity contribution is 6.17. The molecule has 0 fully saturated rings. The van der Waals surface area contributed by atoms with Crippen molar-refractivity contribution >= 4 is 11.6 Å². The summed E-state index contributed by atoms with van der Waals surface area (Å²) in [4.78, 5) is 0. The SMILES string of the molecule is ClCc1cc(OCc2ccccc2)c(OCc2ccccc2)cc1OCc1ccccc1. The second-order valence-corrected chi connectivity index (χ2v) is 7.63. The van der Waals surface area contributed by atoms with Gasteiger partial charge in [0.2, 0.25) is 0 Å². The summed E-state index contributed by atoms with van der Waals surface area (Å²) in [5, 5.41) is 0. The Hall–Kier alpha value is -3.43. The van der Waals surface area contributed by atoms with Crippen molar-refractivity contribution < 1.29 is 14.2 Å². The van der Waals surface area contributed by atoms with E-state index in [-0.39, 0.29) is 0 Å². The molecular formula is C28H25ClO3. The molecule has 0 unspecified atom stereocenters. The van der Waals surface area contributed by atoms with E-state index in [1.807, 2.05) is 103 Å². The quantitative estimate of drug-likeness (QED) is 0.243. The van der Waals surface area contributed by atoms with Gasteiger partial charge in [0.25, 0.3) is 0 Å². The number of alkyl halides is 1. The molecule has 0 spiro atoms. The molecule has 0 aliphatic rings. The lowest BCUT2D eigenvalue weighted by molar-refractivity contribution is 0.250. The molecule has 0 amide bonds. The van der Waals surface area contributed by atoms with Crippen LogP contribution in [0.3, 0.4) is 0 Å². The summed E-state index contributed by atoms with van der Waals surface area (Å²) in [7, 11) is 0. The minimum Gasteiger partial charge on any atom is -0.488 e. The van der Waals surface area contributed by atoms with Crippen LogP contribution >= 0.6 is 11.6 Å². The van der Waals surface area contributed by atoms with E-state index in [0.717, 1.165) is 22.3 Å². The van der Waals surface area contributed by atoms with Gasteiger partial charge in [-0.05, 0) is 22.8 Å². The van der Waals surface area contributed by atoms with Crippen LogP contribution in [-0.4, -0.2) is 0 Å². The molecule has 0 N–H and O–H groups in total. The van der Waals surface area contributed by atoms with E-state index >= 15 is 0 Å². The molecule has 0 heterocycles. The Morgan fingerprint density at radius 2 is 0.844 bits per heavy atom. The predicted octanol–water partition coefficient (Wildman–Crippen LogP) is 7.16. The Labute approximate surface area is 194 Å². The summed E-state index contributed by atoms with van der Waals surface area (Å²) in [6, 6.07) is 33.9. The third-order valence-corrected chi connectivity index (χ3v) is 5.27. The van der Waals surface area contributed by atoms with Crippen molar-refractivity contribution in [3.8, 4) is 17.2 Å². The fourth-order valence-corrected chi connectivity index (χ4v) is 3.46. The van der Waals surface area contributed by atoms with Gasteiger partial charge in [-0.1, -0.05) is 91.0 Å². The molecule has 32 heavy (non-hydrogen) atoms. The molecule has 4 aromatic rings. The lowest BCUT2D eigenvalue weighted by Crippen LogP contribution is -2.04. The van der Waals surface area contributed by atoms with Crippen LogP contribution in [0.5, 0.6) is 17.2 Å². The van der Waals surface area contributed by atoms with Gasteiger partial charge in [-0.15, -0.1) is 11.6 Å². The largest absolute Gasteiger partial charge is 0.488 e. The number of benzene rings is 4. The fourth-order valence-electron chi connectivity index (χ4n) is 3.25. The van der Waals surface area contributed by atoms with Gasteiger partial charge in [0.15, 0.2) is 11.5 Å². The highest BCUT2D eigenvalue weighted by Gasteiger charge is 2.14. The van der Waals surface area contributed by atoms with Crippen molar-refractivity contribution in [2.45, 2.75) is 25.7 Å². The highest BCUT2D eigenvalue weighted by Crippen LogP contribution is 2.37. The maximum atomic E-state index is 6.25. The van der Waals surface area contributed by atoms with Crippen LogP contribution in [0, 0.1) is 0 Å². The van der Waals surface area contributed by atoms with E-state index in [0.29, 0.717) is 42.9 Å². The lowest BCUT2D eigenvalue weighted by atomic mass is 10.2. The number of rotatable bonds is 10. The molecule has 0 aliphatic carbocycles. The average molecular weight is 445 g/mol. The normalized spacial score (nSPS) is 10.5. The molecule has 3 nitrogen and oxygen atoms in total. The minimum absolute atomic E-state index is 0.310. The maximum absolute atomic E-state index is 6.25. The van der Waals surface area contributed by atoms with Crippen LogP contribution in [0.4, 0.5) is 0 Å². The van der Waals surface area contributed by atoms with Gasteiger partial charge in [-0.2, -0.15) is 0 Å². The topological polar surface area (TPSA) is 27.7 Å². The van der Waals surface area contributed by atoms with E-state index in [1.165, 1.54) is 0 Å². The Bertz CT molecular complexity index is 1100. The van der Waals surface area contributed by atoms with Crippen molar-refractivity contribution in [1.82, 2.24) is 0 Å². The number of hydrogen-bond donors (Lipinski definition) is 0. The Balaban J connectivity index is 1.57. The van der Waals surface area contributed by atoms with Gasteiger partial charge in [-0.25, -0.2) is 0 Å². The van der Waals surface area contributed by atoms with Gasteiger partial charge in [0, 0.05) is 11.6 Å². The van der Waals surface area contributed by atoms with Crippen LogP contribution in [0.15, 0.2) is 103 Å². The van der Waals surface area contributed by atoms with Crippen LogP contribution in [0.25, 0.3) is 0 Å². The van der Waals surface area contributed by atoms with Crippen molar-refractivity contribution in [3.05, 3.63) is 125 Å². The standard InChI is InChI=1S/C28H25ClO3/c29-18-25-16-27(31-20-23-12-6-2-7-13-23)28(32-21-24-14-8-3-9-15-24)17-26(25)30-19-22-10-4-1-5-11-22/h1-17H,18-21H2. The molecule has 0 aromatic heterocycles. The highest BCUT2D eigenvalue weighted by atomic mass is 35.5. The Morgan fingerprint density at radius 1 is 0.469 bits per heavy atom. The second kappa shape index (κ2) is 11.3. The summed E-state index contributed by atoms with van der Waals surface area (Å²) in [5.41, 5.74) is 4.11. The lowest BCUT2D eigenvalue weighted by Gasteiger charge is -2.17. The van der Waals surface area contributed by atoms with Crippen molar-refractivity contribution in [2.24, 2.45) is 0 Å².